The molecule has 0 saturated heterocycles. The van der Waals surface area contributed by atoms with Gasteiger partial charge in [-0.2, -0.15) is 0 Å². The smallest absolute Gasteiger partial charge is 0.203 e. The van der Waals surface area contributed by atoms with Gasteiger partial charge in [-0.25, -0.2) is 4.98 Å². The molecule has 0 radical (unpaired) electrons. The Bertz CT molecular complexity index is 1400. The number of nitrogens with one attached hydrogen (secondary N) is 1. The number of nitrogens with two attached hydrogens (primary N) is 1. The van der Waals surface area contributed by atoms with Crippen LogP contribution in [-0.4, -0.2) is 14.5 Å². The van der Waals surface area contributed by atoms with Crippen LogP contribution in [0, 0.1) is 0 Å². The Morgan fingerprint density at radius 2 is 1.90 bits per heavy atom. The second-order valence-electron chi connectivity index (χ2n) is 7.29. The van der Waals surface area contributed by atoms with E-state index in [1.54, 1.807) is 6.20 Å². The van der Waals surface area contributed by atoms with Gasteiger partial charge in [0.05, 0.1) is 21.6 Å². The van der Waals surface area contributed by atoms with E-state index >= 15 is 0 Å². The number of fused-ring (bicyclic) bond motifs is 2. The van der Waals surface area contributed by atoms with Gasteiger partial charge in [0, 0.05) is 30.9 Å². The Hall–Kier alpha value is -3.77. The molecule has 154 valence electrons. The minimum Gasteiger partial charge on any atom is -0.457 e. The van der Waals surface area contributed by atoms with Crippen molar-refractivity contribution >= 4 is 45.2 Å². The SMILES string of the molecule is Cn1c(NCc2ccc(Oc3ccnc4c(Cl)cccc34)cc2)nc2ccc(N)cc21. The molecule has 0 unspecified atom stereocenters. The van der Waals surface area contributed by atoms with E-state index in [0.29, 0.717) is 11.6 Å². The molecule has 6 nitrogen and oxygen atoms in total. The first-order chi connectivity index (χ1) is 15.1. The summed E-state index contributed by atoms with van der Waals surface area (Å²) in [6, 6.07) is 21.2. The maximum atomic E-state index is 6.24. The molecule has 5 rings (SSSR count). The molecule has 31 heavy (non-hydrogen) atoms. The quantitative estimate of drug-likeness (QED) is 0.347. The highest BCUT2D eigenvalue weighted by Crippen LogP contribution is 2.32. The van der Waals surface area contributed by atoms with Crippen molar-refractivity contribution in [1.82, 2.24) is 14.5 Å². The Morgan fingerprint density at radius 3 is 2.74 bits per heavy atom. The number of hydrogen-bond donors (Lipinski definition) is 2. The zero-order valence-corrected chi connectivity index (χ0v) is 17.6. The number of anilines is 2. The van der Waals surface area contributed by atoms with E-state index in [-0.39, 0.29) is 0 Å². The Labute approximate surface area is 184 Å². The van der Waals surface area contributed by atoms with Crippen LogP contribution in [0.3, 0.4) is 0 Å². The first-order valence-corrected chi connectivity index (χ1v) is 10.2. The summed E-state index contributed by atoms with van der Waals surface area (Å²) in [6.45, 7) is 0.640. The zero-order chi connectivity index (χ0) is 21.4. The summed E-state index contributed by atoms with van der Waals surface area (Å²) >= 11 is 6.24. The van der Waals surface area contributed by atoms with Crippen molar-refractivity contribution in [2.45, 2.75) is 6.54 Å². The molecular formula is C24H20ClN5O. The Balaban J connectivity index is 1.31. The molecule has 0 bridgehead atoms. The van der Waals surface area contributed by atoms with Gasteiger partial charge >= 0.3 is 0 Å². The predicted molar refractivity (Wildman–Crippen MR) is 126 cm³/mol. The van der Waals surface area contributed by atoms with Crippen LogP contribution in [0.15, 0.2) is 72.9 Å². The average Bonchev–Trinajstić information content (AvgIpc) is 3.09. The second kappa shape index (κ2) is 7.81. The minimum absolute atomic E-state index is 0.606. The van der Waals surface area contributed by atoms with E-state index in [4.69, 9.17) is 22.1 Å². The third-order valence-corrected chi connectivity index (χ3v) is 5.49. The van der Waals surface area contributed by atoms with Gasteiger partial charge in [-0.3, -0.25) is 4.98 Å². The van der Waals surface area contributed by atoms with Crippen LogP contribution >= 0.6 is 11.6 Å². The molecule has 0 saturated carbocycles. The van der Waals surface area contributed by atoms with Gasteiger partial charge in [-0.1, -0.05) is 29.8 Å². The molecule has 0 amide bonds. The van der Waals surface area contributed by atoms with E-state index in [1.807, 2.05) is 78.3 Å². The van der Waals surface area contributed by atoms with Crippen LogP contribution in [0.1, 0.15) is 5.56 Å². The second-order valence-corrected chi connectivity index (χ2v) is 7.69. The number of halogens is 1. The van der Waals surface area contributed by atoms with Crippen molar-refractivity contribution in [3.8, 4) is 11.5 Å². The molecule has 0 fully saturated rings. The van der Waals surface area contributed by atoms with Gasteiger partial charge in [0.15, 0.2) is 0 Å². The van der Waals surface area contributed by atoms with Crippen LogP contribution in [0.2, 0.25) is 5.02 Å². The third kappa shape index (κ3) is 3.73. The molecule has 0 aliphatic heterocycles. The molecule has 0 atom stereocenters. The van der Waals surface area contributed by atoms with Crippen LogP contribution < -0.4 is 15.8 Å². The number of rotatable bonds is 5. The highest BCUT2D eigenvalue weighted by atomic mass is 35.5. The lowest BCUT2D eigenvalue weighted by molar-refractivity contribution is 0.487. The van der Waals surface area contributed by atoms with Crippen LogP contribution in [-0.2, 0) is 13.6 Å². The number of aromatic nitrogens is 3. The summed E-state index contributed by atoms with van der Waals surface area (Å²) in [7, 11) is 1.97. The summed E-state index contributed by atoms with van der Waals surface area (Å²) < 4.78 is 8.09. The number of aryl methyl sites for hydroxylation is 1. The maximum absolute atomic E-state index is 6.24. The number of nitrogen functional groups attached to an aromatic ring is 1. The van der Waals surface area contributed by atoms with Crippen molar-refractivity contribution in [2.24, 2.45) is 7.05 Å². The number of imidazole rings is 1. The fourth-order valence-corrected chi connectivity index (χ4v) is 3.78. The lowest BCUT2D eigenvalue weighted by Crippen LogP contribution is -2.04. The Kier molecular flexibility index (Phi) is 4.84. The number of ether oxygens (including phenoxy) is 1. The molecule has 5 aromatic rings. The number of hydrogen-bond acceptors (Lipinski definition) is 5. The van der Waals surface area contributed by atoms with E-state index in [2.05, 4.69) is 15.3 Å². The summed E-state index contributed by atoms with van der Waals surface area (Å²) in [4.78, 5) is 8.98. The third-order valence-electron chi connectivity index (χ3n) is 5.19. The van der Waals surface area contributed by atoms with E-state index in [9.17, 15) is 0 Å². The number of para-hydroxylation sites is 1. The molecule has 0 aliphatic rings. The van der Waals surface area contributed by atoms with Gasteiger partial charge in [-0.05, 0) is 54.1 Å². The molecule has 0 aliphatic carbocycles. The molecule has 0 spiro atoms. The molecule has 2 aromatic heterocycles. The standard InChI is InChI=1S/C24H20ClN5O/c1-30-21-13-16(26)7-10-20(21)29-24(30)28-14-15-5-8-17(9-6-15)31-22-11-12-27-23-18(22)3-2-4-19(23)25/h2-13H,14,26H2,1H3,(H,28,29). The molecule has 3 aromatic carbocycles. The van der Waals surface area contributed by atoms with Gasteiger partial charge in [-0.15, -0.1) is 0 Å². The van der Waals surface area contributed by atoms with Gasteiger partial charge < -0.3 is 20.4 Å². The minimum atomic E-state index is 0.606. The number of benzene rings is 3. The summed E-state index contributed by atoms with van der Waals surface area (Å²) in [5.41, 5.74) is 10.4. The van der Waals surface area contributed by atoms with Crippen molar-refractivity contribution in [3.05, 3.63) is 83.5 Å². The topological polar surface area (TPSA) is 78.0 Å². The lowest BCUT2D eigenvalue weighted by Gasteiger charge is -2.10. The first kappa shape index (κ1) is 19.2. The lowest BCUT2D eigenvalue weighted by atomic mass is 10.2. The summed E-state index contributed by atoms with van der Waals surface area (Å²) in [5.74, 6) is 2.26. The normalized spacial score (nSPS) is 11.2. The summed E-state index contributed by atoms with van der Waals surface area (Å²) in [5, 5.41) is 4.87. The van der Waals surface area contributed by atoms with Crippen LogP contribution in [0.4, 0.5) is 11.6 Å². The Morgan fingerprint density at radius 1 is 1.06 bits per heavy atom. The van der Waals surface area contributed by atoms with Crippen LogP contribution in [0.25, 0.3) is 21.9 Å². The van der Waals surface area contributed by atoms with Gasteiger partial charge in [0.2, 0.25) is 5.95 Å². The fourth-order valence-electron chi connectivity index (χ4n) is 3.55. The van der Waals surface area contributed by atoms with Crippen molar-refractivity contribution in [1.29, 1.82) is 0 Å². The maximum Gasteiger partial charge on any atom is 0.203 e. The van der Waals surface area contributed by atoms with Crippen molar-refractivity contribution < 1.29 is 4.74 Å². The summed E-state index contributed by atoms with van der Waals surface area (Å²) in [6.07, 6.45) is 1.70. The predicted octanol–water partition coefficient (Wildman–Crippen LogP) is 5.76. The molecule has 7 heteroatoms. The molecule has 2 heterocycles. The molecule has 3 N–H and O–H groups in total. The highest BCUT2D eigenvalue weighted by molar-refractivity contribution is 6.35. The zero-order valence-electron chi connectivity index (χ0n) is 16.8. The van der Waals surface area contributed by atoms with Gasteiger partial charge in [0.1, 0.15) is 11.5 Å². The first-order valence-electron chi connectivity index (χ1n) is 9.84. The number of pyridine rings is 1. The fraction of sp³-hybridized carbons (Fsp3) is 0.0833. The largest absolute Gasteiger partial charge is 0.457 e. The monoisotopic (exact) mass is 429 g/mol. The number of nitrogens with zero attached hydrogens (tertiary/aromatic N) is 3. The molecular weight excluding hydrogens is 410 g/mol. The van der Waals surface area contributed by atoms with Crippen molar-refractivity contribution in [2.75, 3.05) is 11.1 Å². The van der Waals surface area contributed by atoms with Gasteiger partial charge in [0.25, 0.3) is 0 Å². The van der Waals surface area contributed by atoms with E-state index < -0.39 is 0 Å². The van der Waals surface area contributed by atoms with E-state index in [1.165, 1.54) is 0 Å². The highest BCUT2D eigenvalue weighted by Gasteiger charge is 2.09. The average molecular weight is 430 g/mol. The van der Waals surface area contributed by atoms with Crippen molar-refractivity contribution in [3.63, 3.8) is 0 Å². The van der Waals surface area contributed by atoms with Crippen LogP contribution in [0.5, 0.6) is 11.5 Å². The van der Waals surface area contributed by atoms with E-state index in [0.717, 1.165) is 50.6 Å².